The van der Waals surface area contributed by atoms with Gasteiger partial charge in [0.25, 0.3) is 0 Å². The number of amides is 1. The third kappa shape index (κ3) is 3.45. The Morgan fingerprint density at radius 3 is 2.76 bits per heavy atom. The van der Waals surface area contributed by atoms with E-state index in [9.17, 15) is 4.79 Å². The minimum Gasteiger partial charge on any atom is -0.352 e. The van der Waals surface area contributed by atoms with Crippen LogP contribution >= 0.6 is 0 Å². The Morgan fingerprint density at radius 2 is 2.12 bits per heavy atom. The van der Waals surface area contributed by atoms with Crippen molar-refractivity contribution in [2.24, 2.45) is 5.92 Å². The minimum absolute atomic E-state index is 0.169. The van der Waals surface area contributed by atoms with Crippen LogP contribution in [-0.4, -0.2) is 5.91 Å². The molecule has 1 unspecified atom stereocenters. The Kier molecular flexibility index (Phi) is 3.97. The molecule has 0 aromatic heterocycles. The van der Waals surface area contributed by atoms with Gasteiger partial charge in [-0.2, -0.15) is 0 Å². The highest BCUT2D eigenvalue weighted by molar-refractivity contribution is 5.79. The lowest BCUT2D eigenvalue weighted by Gasteiger charge is -2.19. The van der Waals surface area contributed by atoms with Crippen LogP contribution in [0.1, 0.15) is 31.7 Å². The van der Waals surface area contributed by atoms with Crippen molar-refractivity contribution in [3.63, 3.8) is 0 Å². The smallest absolute Gasteiger partial charge is 0.223 e. The molecule has 0 saturated heterocycles. The second kappa shape index (κ2) is 5.67. The van der Waals surface area contributed by atoms with Crippen LogP contribution in [0.2, 0.25) is 0 Å². The van der Waals surface area contributed by atoms with Crippen molar-refractivity contribution in [1.29, 1.82) is 0 Å². The van der Waals surface area contributed by atoms with E-state index in [-0.39, 0.29) is 11.8 Å². The van der Waals surface area contributed by atoms with Gasteiger partial charge >= 0.3 is 0 Å². The normalized spacial score (nSPS) is 19.6. The predicted octanol–water partition coefficient (Wildman–Crippen LogP) is 3.05. The van der Waals surface area contributed by atoms with Crippen molar-refractivity contribution >= 4 is 5.91 Å². The van der Waals surface area contributed by atoms with Crippen LogP contribution in [0.5, 0.6) is 0 Å². The summed E-state index contributed by atoms with van der Waals surface area (Å²) in [5, 5.41) is 3.02. The maximum atomic E-state index is 11.9. The van der Waals surface area contributed by atoms with E-state index in [1.54, 1.807) is 0 Å². The molecule has 2 heteroatoms. The lowest BCUT2D eigenvalue weighted by atomic mass is 9.89. The van der Waals surface area contributed by atoms with Crippen LogP contribution in [0.4, 0.5) is 0 Å². The number of rotatable bonds is 3. The van der Waals surface area contributed by atoms with Gasteiger partial charge in [-0.3, -0.25) is 4.79 Å². The number of benzene rings is 1. The van der Waals surface area contributed by atoms with Gasteiger partial charge in [0.05, 0.1) is 0 Å². The molecular weight excluding hydrogens is 210 g/mol. The quantitative estimate of drug-likeness (QED) is 0.793. The molecule has 0 radical (unpaired) electrons. The van der Waals surface area contributed by atoms with E-state index in [4.69, 9.17) is 0 Å². The summed E-state index contributed by atoms with van der Waals surface area (Å²) < 4.78 is 0. The molecule has 1 aliphatic rings. The number of carbonyl (C=O) groups excluding carboxylic acids is 1. The van der Waals surface area contributed by atoms with E-state index in [1.807, 2.05) is 30.3 Å². The van der Waals surface area contributed by atoms with Crippen LogP contribution in [0, 0.1) is 5.92 Å². The minimum atomic E-state index is 0.169. The molecule has 0 spiro atoms. The number of nitrogens with one attached hydrogen (secondary N) is 1. The van der Waals surface area contributed by atoms with E-state index in [0.29, 0.717) is 6.54 Å². The van der Waals surface area contributed by atoms with Crippen LogP contribution < -0.4 is 5.32 Å². The molecule has 1 N–H and O–H groups in total. The van der Waals surface area contributed by atoms with Crippen molar-refractivity contribution in [2.45, 2.75) is 32.7 Å². The van der Waals surface area contributed by atoms with E-state index in [2.05, 4.69) is 18.3 Å². The fourth-order valence-corrected chi connectivity index (χ4v) is 2.13. The molecule has 1 aromatic carbocycles. The molecular formula is C15H19NO. The largest absolute Gasteiger partial charge is 0.352 e. The molecule has 17 heavy (non-hydrogen) atoms. The maximum Gasteiger partial charge on any atom is 0.223 e. The van der Waals surface area contributed by atoms with Crippen molar-refractivity contribution < 1.29 is 4.79 Å². The van der Waals surface area contributed by atoms with Gasteiger partial charge in [0.15, 0.2) is 0 Å². The van der Waals surface area contributed by atoms with Gasteiger partial charge in [-0.1, -0.05) is 42.0 Å². The van der Waals surface area contributed by atoms with Crippen LogP contribution in [0.3, 0.4) is 0 Å². The van der Waals surface area contributed by atoms with Gasteiger partial charge in [-0.15, -0.1) is 0 Å². The van der Waals surface area contributed by atoms with E-state index in [1.165, 1.54) is 5.57 Å². The highest BCUT2D eigenvalue weighted by atomic mass is 16.1. The van der Waals surface area contributed by atoms with Crippen molar-refractivity contribution in [3.8, 4) is 0 Å². The molecule has 0 saturated carbocycles. The fraction of sp³-hybridized carbons (Fsp3) is 0.400. The summed E-state index contributed by atoms with van der Waals surface area (Å²) in [6.07, 6.45) is 5.13. The van der Waals surface area contributed by atoms with Crippen LogP contribution in [0.25, 0.3) is 0 Å². The van der Waals surface area contributed by atoms with Crippen LogP contribution in [0.15, 0.2) is 42.0 Å². The SMILES string of the molecule is CC1=CCC(C(=O)NCc2ccccc2)CC1. The second-order valence-corrected chi connectivity index (χ2v) is 4.73. The summed E-state index contributed by atoms with van der Waals surface area (Å²) in [6, 6.07) is 10.0. The van der Waals surface area contributed by atoms with Crippen molar-refractivity contribution in [1.82, 2.24) is 5.32 Å². The van der Waals surface area contributed by atoms with Crippen molar-refractivity contribution in [2.75, 3.05) is 0 Å². The fourth-order valence-electron chi connectivity index (χ4n) is 2.13. The number of allylic oxidation sites excluding steroid dienone is 2. The molecule has 90 valence electrons. The summed E-state index contributed by atoms with van der Waals surface area (Å²) in [5.41, 5.74) is 2.57. The lowest BCUT2D eigenvalue weighted by Crippen LogP contribution is -2.31. The van der Waals surface area contributed by atoms with Gasteiger partial charge in [0.1, 0.15) is 0 Å². The standard InChI is InChI=1S/C15H19NO/c1-12-7-9-14(10-8-12)15(17)16-11-13-5-3-2-4-6-13/h2-7,14H,8-11H2,1H3,(H,16,17). The zero-order valence-corrected chi connectivity index (χ0v) is 10.3. The number of carbonyl (C=O) groups is 1. The molecule has 0 heterocycles. The molecule has 1 amide bonds. The predicted molar refractivity (Wildman–Crippen MR) is 69.4 cm³/mol. The average molecular weight is 229 g/mol. The molecule has 0 aliphatic heterocycles. The third-order valence-corrected chi connectivity index (χ3v) is 3.32. The molecule has 1 atom stereocenters. The molecule has 1 aromatic rings. The lowest BCUT2D eigenvalue weighted by molar-refractivity contribution is -0.125. The molecule has 0 fully saturated rings. The summed E-state index contributed by atoms with van der Waals surface area (Å²) in [7, 11) is 0. The van der Waals surface area contributed by atoms with Crippen LogP contribution in [-0.2, 0) is 11.3 Å². The van der Waals surface area contributed by atoms with Crippen molar-refractivity contribution in [3.05, 3.63) is 47.5 Å². The highest BCUT2D eigenvalue weighted by Crippen LogP contribution is 2.23. The Hall–Kier alpha value is -1.57. The third-order valence-electron chi connectivity index (χ3n) is 3.32. The molecule has 1 aliphatic carbocycles. The topological polar surface area (TPSA) is 29.1 Å². The number of hydrogen-bond acceptors (Lipinski definition) is 1. The van der Waals surface area contributed by atoms with E-state index in [0.717, 1.165) is 24.8 Å². The molecule has 0 bridgehead atoms. The zero-order valence-electron chi connectivity index (χ0n) is 10.3. The van der Waals surface area contributed by atoms with Gasteiger partial charge in [-0.05, 0) is 31.7 Å². The number of hydrogen-bond donors (Lipinski definition) is 1. The second-order valence-electron chi connectivity index (χ2n) is 4.73. The first kappa shape index (κ1) is 11.9. The Labute approximate surface area is 103 Å². The summed E-state index contributed by atoms with van der Waals surface area (Å²) in [4.78, 5) is 11.9. The Bertz CT molecular complexity index is 408. The average Bonchev–Trinajstić information content (AvgIpc) is 2.38. The molecule has 2 nitrogen and oxygen atoms in total. The van der Waals surface area contributed by atoms with E-state index >= 15 is 0 Å². The van der Waals surface area contributed by atoms with Gasteiger partial charge in [0, 0.05) is 12.5 Å². The maximum absolute atomic E-state index is 11.9. The highest BCUT2D eigenvalue weighted by Gasteiger charge is 2.19. The Balaban J connectivity index is 1.82. The Morgan fingerprint density at radius 1 is 1.35 bits per heavy atom. The summed E-state index contributed by atoms with van der Waals surface area (Å²) in [5.74, 6) is 0.361. The summed E-state index contributed by atoms with van der Waals surface area (Å²) in [6.45, 7) is 2.77. The first-order valence-electron chi connectivity index (χ1n) is 6.23. The van der Waals surface area contributed by atoms with E-state index < -0.39 is 0 Å². The van der Waals surface area contributed by atoms with Gasteiger partial charge < -0.3 is 5.32 Å². The first-order chi connectivity index (χ1) is 8.25. The zero-order chi connectivity index (χ0) is 12.1. The van der Waals surface area contributed by atoms with Gasteiger partial charge in [-0.25, -0.2) is 0 Å². The van der Waals surface area contributed by atoms with Gasteiger partial charge in [0.2, 0.25) is 5.91 Å². The monoisotopic (exact) mass is 229 g/mol. The first-order valence-corrected chi connectivity index (χ1v) is 6.23. The molecule has 2 rings (SSSR count). The summed E-state index contributed by atoms with van der Waals surface area (Å²) >= 11 is 0.